The van der Waals surface area contributed by atoms with Crippen molar-refractivity contribution in [3.8, 4) is 0 Å². The molecule has 0 amide bonds. The average Bonchev–Trinajstić information content (AvgIpc) is 2.63. The maximum atomic E-state index is 3.92. The minimum atomic E-state index is 0.556. The van der Waals surface area contributed by atoms with E-state index in [0.717, 1.165) is 5.92 Å². The minimum Gasteiger partial charge on any atom is -0.147 e. The predicted molar refractivity (Wildman–Crippen MR) is 79.5 cm³/mol. The van der Waals surface area contributed by atoms with Crippen LogP contribution in [0.25, 0.3) is 0 Å². The summed E-state index contributed by atoms with van der Waals surface area (Å²) in [4.78, 5) is 2.03. The molecule has 0 aromatic carbocycles. The van der Waals surface area contributed by atoms with Gasteiger partial charge in [-0.1, -0.05) is 48.0 Å². The number of rotatable bonds is 2. The van der Waals surface area contributed by atoms with E-state index in [4.69, 9.17) is 0 Å². The molecule has 0 N–H and O–H groups in total. The van der Waals surface area contributed by atoms with Crippen LogP contribution in [-0.4, -0.2) is 0 Å². The van der Waals surface area contributed by atoms with E-state index in [1.165, 1.54) is 54.3 Å². The fraction of sp³-hybridized carbons (Fsp3) is 0.692. The second-order valence-corrected chi connectivity index (χ2v) is 7.43. The second kappa shape index (κ2) is 6.55. The van der Waals surface area contributed by atoms with Crippen LogP contribution < -0.4 is 0 Å². The zero-order chi connectivity index (χ0) is 11.4. The van der Waals surface area contributed by atoms with E-state index in [0.29, 0.717) is 4.83 Å². The van der Waals surface area contributed by atoms with Crippen LogP contribution in [0.5, 0.6) is 0 Å². The lowest BCUT2D eigenvalue weighted by molar-refractivity contribution is 0.376. The van der Waals surface area contributed by atoms with Gasteiger partial charge in [0, 0.05) is 9.35 Å². The summed E-state index contributed by atoms with van der Waals surface area (Å²) >= 11 is 9.44. The van der Waals surface area contributed by atoms with E-state index >= 15 is 0 Å². The molecule has 90 valence electrons. The van der Waals surface area contributed by atoms with E-state index in [-0.39, 0.29) is 0 Å². The van der Waals surface area contributed by atoms with Gasteiger partial charge in [0.05, 0.1) is 4.83 Å². The summed E-state index contributed by atoms with van der Waals surface area (Å²) in [5.74, 6) is 0.829. The summed E-state index contributed by atoms with van der Waals surface area (Å²) < 4.78 is 1.28. The van der Waals surface area contributed by atoms with E-state index in [1.54, 1.807) is 0 Å². The average molecular weight is 366 g/mol. The van der Waals surface area contributed by atoms with Gasteiger partial charge in [-0.25, -0.2) is 0 Å². The van der Waals surface area contributed by atoms with Gasteiger partial charge in [0.25, 0.3) is 0 Å². The lowest BCUT2D eigenvalue weighted by atomic mass is 9.88. The molecule has 1 aliphatic rings. The van der Waals surface area contributed by atoms with Crippen molar-refractivity contribution in [3.63, 3.8) is 0 Å². The first-order valence-corrected chi connectivity index (χ1v) is 8.75. The van der Waals surface area contributed by atoms with Crippen LogP contribution in [0.15, 0.2) is 15.9 Å². The first kappa shape index (κ1) is 13.1. The van der Waals surface area contributed by atoms with Crippen molar-refractivity contribution >= 4 is 43.2 Å². The summed E-state index contributed by atoms with van der Waals surface area (Å²) in [6, 6.07) is 2.16. The molecule has 0 nitrogen and oxygen atoms in total. The molecule has 1 fully saturated rings. The summed E-state index contributed by atoms with van der Waals surface area (Å²) in [7, 11) is 0. The topological polar surface area (TPSA) is 0 Å². The van der Waals surface area contributed by atoms with E-state index < -0.39 is 0 Å². The summed E-state index contributed by atoms with van der Waals surface area (Å²) in [5.41, 5.74) is 0. The smallest absolute Gasteiger partial charge is 0.0528 e. The number of thiophene rings is 1. The Hall–Kier alpha value is 0.660. The third-order valence-electron chi connectivity index (χ3n) is 3.46. The van der Waals surface area contributed by atoms with Crippen molar-refractivity contribution < 1.29 is 0 Å². The van der Waals surface area contributed by atoms with Crippen LogP contribution >= 0.6 is 43.2 Å². The fourth-order valence-electron chi connectivity index (χ4n) is 2.50. The Morgan fingerprint density at radius 2 is 1.75 bits per heavy atom. The predicted octanol–water partition coefficient (Wildman–Crippen LogP) is 6.31. The van der Waals surface area contributed by atoms with Crippen molar-refractivity contribution in [1.82, 2.24) is 0 Å². The molecule has 2 rings (SSSR count). The van der Waals surface area contributed by atoms with Crippen LogP contribution in [0, 0.1) is 5.92 Å². The molecular weight excluding hydrogens is 348 g/mol. The first-order valence-electron chi connectivity index (χ1n) is 6.16. The highest BCUT2D eigenvalue weighted by Crippen LogP contribution is 2.43. The van der Waals surface area contributed by atoms with Gasteiger partial charge in [-0.3, -0.25) is 0 Å². The fourth-order valence-corrected chi connectivity index (χ4v) is 5.59. The molecule has 1 aromatic heterocycles. The van der Waals surface area contributed by atoms with Crippen LogP contribution in [0.4, 0.5) is 0 Å². The molecule has 0 bridgehead atoms. The molecule has 1 heterocycles. The zero-order valence-electron chi connectivity index (χ0n) is 9.42. The van der Waals surface area contributed by atoms with Crippen molar-refractivity contribution in [3.05, 3.63) is 20.8 Å². The molecule has 0 radical (unpaired) electrons. The van der Waals surface area contributed by atoms with E-state index in [1.807, 2.05) is 11.3 Å². The van der Waals surface area contributed by atoms with Crippen molar-refractivity contribution in [2.45, 2.75) is 49.8 Å². The standard InChI is InChI=1S/C13H18Br2S/c14-11-8-9-16-13(11)12(15)10-6-4-2-1-3-5-7-10/h8-10,12H,1-7H2. The monoisotopic (exact) mass is 364 g/mol. The highest BCUT2D eigenvalue weighted by atomic mass is 79.9. The van der Waals surface area contributed by atoms with Crippen LogP contribution in [0.2, 0.25) is 0 Å². The van der Waals surface area contributed by atoms with Crippen LogP contribution in [0.1, 0.15) is 54.7 Å². The Balaban J connectivity index is 2.02. The Kier molecular flexibility index (Phi) is 5.37. The van der Waals surface area contributed by atoms with Gasteiger partial charge < -0.3 is 0 Å². The lowest BCUT2D eigenvalue weighted by Crippen LogP contribution is -2.09. The Morgan fingerprint density at radius 3 is 2.31 bits per heavy atom. The van der Waals surface area contributed by atoms with Crippen molar-refractivity contribution in [2.75, 3.05) is 0 Å². The highest BCUT2D eigenvalue weighted by molar-refractivity contribution is 9.11. The maximum Gasteiger partial charge on any atom is 0.0528 e. The SMILES string of the molecule is Brc1ccsc1C(Br)C1CCCCCCC1. The highest BCUT2D eigenvalue weighted by Gasteiger charge is 2.23. The molecule has 1 aliphatic carbocycles. The first-order chi connectivity index (χ1) is 7.79. The Labute approximate surface area is 119 Å². The molecule has 1 aromatic rings. The van der Waals surface area contributed by atoms with E-state index in [9.17, 15) is 0 Å². The van der Waals surface area contributed by atoms with Gasteiger partial charge in [0.2, 0.25) is 0 Å². The molecule has 1 saturated carbocycles. The van der Waals surface area contributed by atoms with Crippen molar-refractivity contribution in [2.24, 2.45) is 5.92 Å². The number of hydrogen-bond donors (Lipinski definition) is 0. The maximum absolute atomic E-state index is 3.92. The summed E-state index contributed by atoms with van der Waals surface area (Å²) in [5, 5.41) is 2.18. The Bertz CT molecular complexity index is 313. The molecule has 1 atom stereocenters. The van der Waals surface area contributed by atoms with Crippen LogP contribution in [-0.2, 0) is 0 Å². The number of alkyl halides is 1. The van der Waals surface area contributed by atoms with E-state index in [2.05, 4.69) is 43.3 Å². The molecule has 16 heavy (non-hydrogen) atoms. The molecule has 0 spiro atoms. The molecule has 0 aliphatic heterocycles. The lowest BCUT2D eigenvalue weighted by Gasteiger charge is -2.24. The van der Waals surface area contributed by atoms with Gasteiger partial charge in [-0.2, -0.15) is 0 Å². The molecule has 3 heteroatoms. The normalized spacial score (nSPS) is 21.4. The van der Waals surface area contributed by atoms with Gasteiger partial charge in [0.1, 0.15) is 0 Å². The number of halogens is 2. The largest absolute Gasteiger partial charge is 0.147 e. The number of hydrogen-bond acceptors (Lipinski definition) is 1. The second-order valence-electron chi connectivity index (χ2n) is 4.64. The third-order valence-corrected chi connectivity index (χ3v) is 6.92. The summed E-state index contributed by atoms with van der Waals surface area (Å²) in [6.07, 6.45) is 9.91. The molecular formula is C13H18Br2S. The molecule has 0 saturated heterocycles. The summed E-state index contributed by atoms with van der Waals surface area (Å²) in [6.45, 7) is 0. The Morgan fingerprint density at radius 1 is 1.12 bits per heavy atom. The van der Waals surface area contributed by atoms with Gasteiger partial charge in [-0.05, 0) is 46.1 Å². The quantitative estimate of drug-likeness (QED) is 0.539. The van der Waals surface area contributed by atoms with Crippen LogP contribution in [0.3, 0.4) is 0 Å². The van der Waals surface area contributed by atoms with Crippen molar-refractivity contribution in [1.29, 1.82) is 0 Å². The third kappa shape index (κ3) is 3.33. The van der Waals surface area contributed by atoms with Gasteiger partial charge >= 0.3 is 0 Å². The van der Waals surface area contributed by atoms with Gasteiger partial charge in [-0.15, -0.1) is 11.3 Å². The van der Waals surface area contributed by atoms with Gasteiger partial charge in [0.15, 0.2) is 0 Å². The molecule has 1 unspecified atom stereocenters. The minimum absolute atomic E-state index is 0.556. The zero-order valence-corrected chi connectivity index (χ0v) is 13.4.